The van der Waals surface area contributed by atoms with E-state index >= 15 is 0 Å². The largest absolute Gasteiger partial charge is 0.447 e. The molecule has 1 saturated carbocycles. The van der Waals surface area contributed by atoms with Gasteiger partial charge in [-0.05, 0) is 108 Å². The van der Waals surface area contributed by atoms with Gasteiger partial charge in [-0.15, -0.1) is 0 Å². The Hall–Kier alpha value is -2.94. The molecule has 2 amide bonds. The minimum Gasteiger partial charge on any atom is -0.447 e. The highest BCUT2D eigenvalue weighted by atomic mass is 19.1. The Kier molecular flexibility index (Phi) is 6.68. The number of likely N-dealkylation sites (tertiary alicyclic amines) is 2. The van der Waals surface area contributed by atoms with Crippen LogP contribution in [0.25, 0.3) is 0 Å². The summed E-state index contributed by atoms with van der Waals surface area (Å²) in [6.07, 6.45) is 5.76. The molecule has 6 rings (SSSR count). The van der Waals surface area contributed by atoms with Crippen molar-refractivity contribution < 1.29 is 18.7 Å². The van der Waals surface area contributed by atoms with Gasteiger partial charge in [0.25, 0.3) is 5.91 Å². The summed E-state index contributed by atoms with van der Waals surface area (Å²) in [5.74, 6) is 0.140. The first-order chi connectivity index (χ1) is 18.6. The van der Waals surface area contributed by atoms with Crippen LogP contribution in [0.5, 0.6) is 0 Å². The number of aryl methyl sites for hydroxylation is 2. The number of rotatable bonds is 3. The fraction of sp³-hybridized carbons (Fsp3) is 0.633. The highest BCUT2D eigenvalue weighted by Gasteiger charge is 2.50. The highest BCUT2D eigenvalue weighted by molar-refractivity contribution is 6.06. The lowest BCUT2D eigenvalue weighted by atomic mass is 9.74. The maximum Gasteiger partial charge on any atom is 0.410 e. The number of hydrogen-bond donors (Lipinski definition) is 0. The maximum atomic E-state index is 14.5. The van der Waals surface area contributed by atoms with Crippen molar-refractivity contribution in [3.8, 4) is 0 Å². The van der Waals surface area contributed by atoms with Gasteiger partial charge in [-0.2, -0.15) is 5.10 Å². The van der Waals surface area contributed by atoms with E-state index in [0.29, 0.717) is 24.2 Å². The van der Waals surface area contributed by atoms with Crippen molar-refractivity contribution in [1.29, 1.82) is 0 Å². The van der Waals surface area contributed by atoms with Gasteiger partial charge in [0.2, 0.25) is 0 Å². The minimum absolute atomic E-state index is 0.111. The molecule has 2 saturated heterocycles. The molecule has 0 N–H and O–H groups in total. The van der Waals surface area contributed by atoms with Gasteiger partial charge in [0.1, 0.15) is 5.82 Å². The summed E-state index contributed by atoms with van der Waals surface area (Å²) in [5, 5.41) is 4.42. The molecule has 3 atom stereocenters. The molecule has 2 aromatic rings. The Morgan fingerprint density at radius 1 is 1.13 bits per heavy atom. The van der Waals surface area contributed by atoms with Gasteiger partial charge in [0, 0.05) is 49.0 Å². The molecule has 1 spiro atoms. The molecule has 39 heavy (non-hydrogen) atoms. The molecule has 3 aliphatic heterocycles. The quantitative estimate of drug-likeness (QED) is 0.570. The van der Waals surface area contributed by atoms with Crippen LogP contribution in [-0.4, -0.2) is 75.9 Å². The number of benzene rings is 1. The second-order valence-electron chi connectivity index (χ2n) is 12.4. The van der Waals surface area contributed by atoms with Crippen molar-refractivity contribution in [2.45, 2.75) is 82.9 Å². The lowest BCUT2D eigenvalue weighted by Gasteiger charge is -2.42. The molecular weight excluding hydrogens is 497 g/mol. The number of carbonyl (C=O) groups is 2. The number of amides is 2. The average molecular weight is 538 g/mol. The Morgan fingerprint density at radius 2 is 1.90 bits per heavy atom. The summed E-state index contributed by atoms with van der Waals surface area (Å²) in [6, 6.07) is 7.36. The second kappa shape index (κ2) is 9.91. The summed E-state index contributed by atoms with van der Waals surface area (Å²) in [4.78, 5) is 32.7. The number of carbonyl (C=O) groups excluding carboxylic acids is 2. The minimum atomic E-state index is -0.258. The first-order valence-electron chi connectivity index (χ1n) is 14.5. The molecule has 0 radical (unpaired) electrons. The molecular formula is C30H40FN5O3. The molecule has 4 heterocycles. The maximum absolute atomic E-state index is 14.5. The zero-order valence-corrected chi connectivity index (χ0v) is 23.5. The SMILES string of the molecule is Cc1cc(C(=O)N2CC3(CCN(C4CC5CCCN(C(=O)OC(C)C)C5C4)CC3)c3cc(F)ccc32)nn1C. The van der Waals surface area contributed by atoms with E-state index in [-0.39, 0.29) is 35.4 Å². The fourth-order valence-corrected chi connectivity index (χ4v) is 7.62. The van der Waals surface area contributed by atoms with E-state index in [1.54, 1.807) is 16.8 Å². The van der Waals surface area contributed by atoms with Crippen molar-refractivity contribution in [1.82, 2.24) is 19.6 Å². The van der Waals surface area contributed by atoms with Crippen LogP contribution < -0.4 is 4.90 Å². The second-order valence-corrected chi connectivity index (χ2v) is 12.4. The van der Waals surface area contributed by atoms with E-state index in [9.17, 15) is 14.0 Å². The number of anilines is 1. The van der Waals surface area contributed by atoms with Gasteiger partial charge in [0.15, 0.2) is 5.69 Å². The van der Waals surface area contributed by atoms with Crippen molar-refractivity contribution in [2.24, 2.45) is 13.0 Å². The van der Waals surface area contributed by atoms with Gasteiger partial charge in [-0.1, -0.05) is 0 Å². The third kappa shape index (κ3) is 4.62. The molecule has 1 aromatic carbocycles. The van der Waals surface area contributed by atoms with Crippen LogP contribution in [0.15, 0.2) is 24.3 Å². The Bertz CT molecular complexity index is 1250. The van der Waals surface area contributed by atoms with Gasteiger partial charge in [-0.3, -0.25) is 9.48 Å². The first-order valence-corrected chi connectivity index (χ1v) is 14.5. The normalized spacial score (nSPS) is 26.3. The molecule has 8 nitrogen and oxygen atoms in total. The third-order valence-corrected chi connectivity index (χ3v) is 9.71. The molecule has 3 unspecified atom stereocenters. The number of halogens is 1. The van der Waals surface area contributed by atoms with Crippen molar-refractivity contribution in [3.63, 3.8) is 0 Å². The molecule has 0 bridgehead atoms. The lowest BCUT2D eigenvalue weighted by Crippen LogP contribution is -2.49. The van der Waals surface area contributed by atoms with Crippen LogP contribution in [0.3, 0.4) is 0 Å². The van der Waals surface area contributed by atoms with Crippen molar-refractivity contribution in [2.75, 3.05) is 31.1 Å². The molecule has 9 heteroatoms. The summed E-state index contributed by atoms with van der Waals surface area (Å²) in [6.45, 7) is 8.88. The van der Waals surface area contributed by atoms with Gasteiger partial charge in [-0.25, -0.2) is 9.18 Å². The number of fused-ring (bicyclic) bond motifs is 3. The number of nitrogens with zero attached hydrogens (tertiary/aromatic N) is 5. The lowest BCUT2D eigenvalue weighted by molar-refractivity contribution is 0.0427. The number of ether oxygens (including phenoxy) is 1. The van der Waals surface area contributed by atoms with E-state index in [1.807, 2.05) is 43.7 Å². The molecule has 1 aromatic heterocycles. The van der Waals surface area contributed by atoms with E-state index in [4.69, 9.17) is 4.74 Å². The summed E-state index contributed by atoms with van der Waals surface area (Å²) < 4.78 is 21.8. The fourth-order valence-electron chi connectivity index (χ4n) is 7.62. The van der Waals surface area contributed by atoms with Gasteiger partial charge >= 0.3 is 6.09 Å². The van der Waals surface area contributed by atoms with Gasteiger partial charge in [0.05, 0.1) is 6.10 Å². The van der Waals surface area contributed by atoms with Gasteiger partial charge < -0.3 is 19.4 Å². The zero-order chi connectivity index (χ0) is 27.5. The van der Waals surface area contributed by atoms with Crippen LogP contribution in [0, 0.1) is 18.7 Å². The van der Waals surface area contributed by atoms with E-state index in [1.165, 1.54) is 12.5 Å². The molecule has 4 aliphatic rings. The monoisotopic (exact) mass is 537 g/mol. The number of hydrogen-bond acceptors (Lipinski definition) is 5. The first kappa shape index (κ1) is 26.3. The summed E-state index contributed by atoms with van der Waals surface area (Å²) >= 11 is 0. The van der Waals surface area contributed by atoms with Crippen LogP contribution in [-0.2, 0) is 17.2 Å². The Labute approximate surface area is 230 Å². The average Bonchev–Trinajstić information content (AvgIpc) is 3.58. The zero-order valence-electron chi connectivity index (χ0n) is 23.5. The molecule has 210 valence electrons. The van der Waals surface area contributed by atoms with Crippen LogP contribution >= 0.6 is 0 Å². The molecule has 3 fully saturated rings. The summed E-state index contributed by atoms with van der Waals surface area (Å²) in [7, 11) is 1.84. The smallest absolute Gasteiger partial charge is 0.410 e. The van der Waals surface area contributed by atoms with E-state index in [0.717, 1.165) is 68.7 Å². The number of piperidine rings is 2. The van der Waals surface area contributed by atoms with Crippen molar-refractivity contribution >= 4 is 17.7 Å². The van der Waals surface area contributed by atoms with Crippen molar-refractivity contribution in [3.05, 3.63) is 47.0 Å². The third-order valence-electron chi connectivity index (χ3n) is 9.71. The Morgan fingerprint density at radius 3 is 2.59 bits per heavy atom. The van der Waals surface area contributed by atoms with Crippen LogP contribution in [0.1, 0.15) is 74.1 Å². The Balaban J connectivity index is 1.17. The van der Waals surface area contributed by atoms with Crippen LogP contribution in [0.2, 0.25) is 0 Å². The number of aromatic nitrogens is 2. The van der Waals surface area contributed by atoms with E-state index in [2.05, 4.69) is 10.00 Å². The summed E-state index contributed by atoms with van der Waals surface area (Å²) in [5.41, 5.74) is 2.85. The van der Waals surface area contributed by atoms with E-state index < -0.39 is 0 Å². The molecule has 1 aliphatic carbocycles. The topological polar surface area (TPSA) is 70.9 Å². The predicted octanol–water partition coefficient (Wildman–Crippen LogP) is 4.65. The van der Waals surface area contributed by atoms with Crippen LogP contribution in [0.4, 0.5) is 14.9 Å². The standard InChI is InChI=1S/C30H40FN5O3/c1-19(2)39-29(38)35-11-5-6-21-15-23(17-27(21)35)34-12-9-30(10-13-34)18-36(26-8-7-22(31)16-24(26)30)28(37)25-14-20(3)33(4)32-25/h7-8,14,16,19,21,23,27H,5-6,9-13,15,17-18H2,1-4H3. The predicted molar refractivity (Wildman–Crippen MR) is 146 cm³/mol. The highest BCUT2D eigenvalue weighted by Crippen LogP contribution is 2.49.